The van der Waals surface area contributed by atoms with Gasteiger partial charge >= 0.3 is 5.97 Å². The predicted octanol–water partition coefficient (Wildman–Crippen LogP) is 3.18. The highest BCUT2D eigenvalue weighted by atomic mass is 16.5. The van der Waals surface area contributed by atoms with Gasteiger partial charge in [-0.1, -0.05) is 13.0 Å². The Morgan fingerprint density at radius 3 is 2.69 bits per heavy atom. The van der Waals surface area contributed by atoms with Gasteiger partial charge in [0.05, 0.1) is 24.4 Å². The first-order valence-corrected chi connectivity index (χ1v) is 8.57. The highest BCUT2D eigenvalue weighted by molar-refractivity contribution is 5.89. The van der Waals surface area contributed by atoms with Crippen LogP contribution in [0.4, 0.5) is 5.69 Å². The zero-order valence-corrected chi connectivity index (χ0v) is 14.9. The van der Waals surface area contributed by atoms with Crippen molar-refractivity contribution in [3.05, 3.63) is 75.8 Å². The first-order valence-electron chi connectivity index (χ1n) is 8.57. The Hall–Kier alpha value is -3.15. The van der Waals surface area contributed by atoms with Crippen LogP contribution in [0.5, 0.6) is 0 Å². The Morgan fingerprint density at radius 1 is 1.19 bits per heavy atom. The normalized spacial score (nSPS) is 10.7. The van der Waals surface area contributed by atoms with Crippen molar-refractivity contribution < 1.29 is 9.53 Å². The third-order valence-electron chi connectivity index (χ3n) is 3.89. The summed E-state index contributed by atoms with van der Waals surface area (Å²) in [6, 6.07) is 12.3. The summed E-state index contributed by atoms with van der Waals surface area (Å²) in [5.41, 5.74) is 3.53. The van der Waals surface area contributed by atoms with Gasteiger partial charge in [0.25, 0.3) is 5.56 Å². The molecule has 6 heteroatoms. The van der Waals surface area contributed by atoms with Gasteiger partial charge in [-0.15, -0.1) is 0 Å². The maximum atomic E-state index is 12.2. The molecule has 2 heterocycles. The molecule has 3 aromatic rings. The molecule has 0 saturated heterocycles. The Balaban J connectivity index is 1.69. The number of esters is 1. The molecule has 0 saturated carbocycles. The molecule has 2 aromatic heterocycles. The smallest absolute Gasteiger partial charge is 0.338 e. The monoisotopic (exact) mass is 351 g/mol. The van der Waals surface area contributed by atoms with Gasteiger partial charge in [0.1, 0.15) is 5.65 Å². The van der Waals surface area contributed by atoms with Gasteiger partial charge in [0.15, 0.2) is 0 Å². The standard InChI is InChI=1S/C20H21N3O3/c1-3-10-26-20(25)15-5-7-16(8-6-15)21-12-17-11-19(24)23-13-14(2)4-9-18(23)22-17/h4-9,11,13,21H,3,10,12H2,1-2H3. The second-order valence-corrected chi connectivity index (χ2v) is 6.09. The third kappa shape index (κ3) is 4.08. The first kappa shape index (κ1) is 17.7. The third-order valence-corrected chi connectivity index (χ3v) is 3.89. The molecule has 0 amide bonds. The van der Waals surface area contributed by atoms with Crippen LogP contribution in [0.15, 0.2) is 53.5 Å². The molecule has 0 aliphatic carbocycles. The van der Waals surface area contributed by atoms with Crippen LogP contribution in [0.25, 0.3) is 5.65 Å². The van der Waals surface area contributed by atoms with E-state index in [1.165, 1.54) is 10.5 Å². The van der Waals surface area contributed by atoms with Crippen molar-refractivity contribution in [1.29, 1.82) is 0 Å². The van der Waals surface area contributed by atoms with Crippen molar-refractivity contribution in [2.24, 2.45) is 0 Å². The lowest BCUT2D eigenvalue weighted by molar-refractivity contribution is 0.0505. The van der Waals surface area contributed by atoms with Gasteiger partial charge in [0.2, 0.25) is 0 Å². The minimum atomic E-state index is -0.321. The molecule has 1 N–H and O–H groups in total. The van der Waals surface area contributed by atoms with E-state index in [0.29, 0.717) is 30.1 Å². The van der Waals surface area contributed by atoms with Crippen LogP contribution < -0.4 is 10.9 Å². The highest BCUT2D eigenvalue weighted by Gasteiger charge is 2.07. The summed E-state index contributed by atoms with van der Waals surface area (Å²) in [5, 5.41) is 3.21. The van der Waals surface area contributed by atoms with Gasteiger partial charge in [-0.05, 0) is 49.2 Å². The van der Waals surface area contributed by atoms with E-state index >= 15 is 0 Å². The second-order valence-electron chi connectivity index (χ2n) is 6.09. The van der Waals surface area contributed by atoms with Crippen LogP contribution in [0.1, 0.15) is 35.0 Å². The fourth-order valence-corrected chi connectivity index (χ4v) is 2.54. The molecular formula is C20H21N3O3. The maximum absolute atomic E-state index is 12.2. The molecular weight excluding hydrogens is 330 g/mol. The lowest BCUT2D eigenvalue weighted by Gasteiger charge is -2.08. The Morgan fingerprint density at radius 2 is 1.96 bits per heavy atom. The SMILES string of the molecule is CCCOC(=O)c1ccc(NCc2cc(=O)n3cc(C)ccc3n2)cc1. The van der Waals surface area contributed by atoms with E-state index in [9.17, 15) is 9.59 Å². The molecule has 6 nitrogen and oxygen atoms in total. The van der Waals surface area contributed by atoms with Crippen LogP contribution in [-0.2, 0) is 11.3 Å². The van der Waals surface area contributed by atoms with E-state index in [-0.39, 0.29) is 11.5 Å². The van der Waals surface area contributed by atoms with Crippen LogP contribution in [0.3, 0.4) is 0 Å². The minimum absolute atomic E-state index is 0.107. The zero-order valence-electron chi connectivity index (χ0n) is 14.9. The number of fused-ring (bicyclic) bond motifs is 1. The number of hydrogen-bond donors (Lipinski definition) is 1. The maximum Gasteiger partial charge on any atom is 0.338 e. The van der Waals surface area contributed by atoms with E-state index < -0.39 is 0 Å². The van der Waals surface area contributed by atoms with Crippen molar-refractivity contribution in [3.8, 4) is 0 Å². The van der Waals surface area contributed by atoms with Crippen LogP contribution >= 0.6 is 0 Å². The van der Waals surface area contributed by atoms with E-state index in [1.54, 1.807) is 30.5 Å². The summed E-state index contributed by atoms with van der Waals surface area (Å²) in [6.07, 6.45) is 2.57. The fourth-order valence-electron chi connectivity index (χ4n) is 2.54. The van der Waals surface area contributed by atoms with Crippen molar-refractivity contribution in [1.82, 2.24) is 9.38 Å². The van der Waals surface area contributed by atoms with Crippen LogP contribution in [-0.4, -0.2) is 22.0 Å². The van der Waals surface area contributed by atoms with Crippen molar-refractivity contribution in [2.45, 2.75) is 26.8 Å². The number of aryl methyl sites for hydroxylation is 1. The number of pyridine rings is 1. The summed E-state index contributed by atoms with van der Waals surface area (Å²) in [6.45, 7) is 4.72. The number of rotatable bonds is 6. The summed E-state index contributed by atoms with van der Waals surface area (Å²) in [7, 11) is 0. The van der Waals surface area contributed by atoms with Crippen molar-refractivity contribution in [2.75, 3.05) is 11.9 Å². The fraction of sp³-hybridized carbons (Fsp3) is 0.250. The summed E-state index contributed by atoms with van der Waals surface area (Å²) in [4.78, 5) is 28.5. The van der Waals surface area contributed by atoms with Gasteiger partial charge in [-0.3, -0.25) is 9.20 Å². The number of hydrogen-bond acceptors (Lipinski definition) is 5. The van der Waals surface area contributed by atoms with Gasteiger partial charge < -0.3 is 10.1 Å². The highest BCUT2D eigenvalue weighted by Crippen LogP contribution is 2.12. The number of anilines is 1. The van der Waals surface area contributed by atoms with E-state index in [0.717, 1.165) is 17.7 Å². The Labute approximate surface area is 151 Å². The molecule has 26 heavy (non-hydrogen) atoms. The van der Waals surface area contributed by atoms with Gasteiger partial charge in [0, 0.05) is 18.0 Å². The largest absolute Gasteiger partial charge is 0.462 e. The molecule has 0 aliphatic heterocycles. The minimum Gasteiger partial charge on any atom is -0.462 e. The lowest BCUT2D eigenvalue weighted by atomic mass is 10.2. The molecule has 0 aliphatic rings. The second kappa shape index (κ2) is 7.82. The zero-order chi connectivity index (χ0) is 18.5. The molecule has 0 atom stereocenters. The van der Waals surface area contributed by atoms with Gasteiger partial charge in [-0.25, -0.2) is 9.78 Å². The molecule has 134 valence electrons. The molecule has 0 bridgehead atoms. The Bertz CT molecular complexity index is 978. The molecule has 0 spiro atoms. The number of nitrogens with one attached hydrogen (secondary N) is 1. The number of carbonyl (C=O) groups excluding carboxylic acids is 1. The topological polar surface area (TPSA) is 72.7 Å². The first-order chi connectivity index (χ1) is 12.6. The number of benzene rings is 1. The molecule has 0 fully saturated rings. The van der Waals surface area contributed by atoms with E-state index in [1.807, 2.05) is 26.0 Å². The van der Waals surface area contributed by atoms with Crippen molar-refractivity contribution in [3.63, 3.8) is 0 Å². The molecule has 0 unspecified atom stereocenters. The lowest BCUT2D eigenvalue weighted by Crippen LogP contribution is -2.17. The summed E-state index contributed by atoms with van der Waals surface area (Å²) in [5.74, 6) is -0.321. The predicted molar refractivity (Wildman–Crippen MR) is 101 cm³/mol. The van der Waals surface area contributed by atoms with Gasteiger partial charge in [-0.2, -0.15) is 0 Å². The number of ether oxygens (including phenoxy) is 1. The molecule has 3 rings (SSSR count). The Kier molecular flexibility index (Phi) is 5.31. The van der Waals surface area contributed by atoms with Crippen LogP contribution in [0.2, 0.25) is 0 Å². The molecule has 1 aromatic carbocycles. The van der Waals surface area contributed by atoms with Crippen LogP contribution in [0, 0.1) is 6.92 Å². The summed E-state index contributed by atoms with van der Waals surface area (Å²) < 4.78 is 6.64. The average Bonchev–Trinajstić information content (AvgIpc) is 2.65. The number of nitrogens with zero attached hydrogens (tertiary/aromatic N) is 2. The van der Waals surface area contributed by atoms with E-state index in [4.69, 9.17) is 4.74 Å². The average molecular weight is 351 g/mol. The van der Waals surface area contributed by atoms with E-state index in [2.05, 4.69) is 10.3 Å². The number of carbonyl (C=O) groups is 1. The molecule has 0 radical (unpaired) electrons. The summed E-state index contributed by atoms with van der Waals surface area (Å²) >= 11 is 0. The van der Waals surface area contributed by atoms with Crippen molar-refractivity contribution >= 4 is 17.3 Å². The quantitative estimate of drug-likeness (QED) is 0.691. The number of aromatic nitrogens is 2.